The molecule has 0 unspecified atom stereocenters. The van der Waals surface area contributed by atoms with E-state index < -0.39 is 10.0 Å². The summed E-state index contributed by atoms with van der Waals surface area (Å²) in [5.41, 5.74) is 6.73. The molecule has 21 heavy (non-hydrogen) atoms. The molecule has 0 atom stereocenters. The van der Waals surface area contributed by atoms with Crippen LogP contribution in [0.3, 0.4) is 0 Å². The van der Waals surface area contributed by atoms with Crippen LogP contribution in [0, 0.1) is 6.92 Å². The fraction of sp³-hybridized carbons (Fsp3) is 0.231. The third-order valence-corrected chi connectivity index (χ3v) is 6.58. The van der Waals surface area contributed by atoms with Crippen LogP contribution in [0.25, 0.3) is 0 Å². The molecular weight excluding hydrogens is 376 g/mol. The van der Waals surface area contributed by atoms with E-state index in [1.54, 1.807) is 30.3 Å². The minimum Gasteiger partial charge on any atom is -0.492 e. The van der Waals surface area contributed by atoms with Crippen LogP contribution in [0.4, 0.5) is 5.69 Å². The highest BCUT2D eigenvalue weighted by Gasteiger charge is 2.18. The van der Waals surface area contributed by atoms with Gasteiger partial charge in [-0.05, 0) is 58.7 Å². The van der Waals surface area contributed by atoms with Crippen LogP contribution in [-0.2, 0) is 10.0 Å². The van der Waals surface area contributed by atoms with Crippen LogP contribution in [0.2, 0.25) is 0 Å². The monoisotopic (exact) mass is 390 g/mol. The topological polar surface area (TPSA) is 81.4 Å². The van der Waals surface area contributed by atoms with E-state index in [0.717, 1.165) is 9.35 Å². The van der Waals surface area contributed by atoms with Crippen molar-refractivity contribution in [2.45, 2.75) is 11.1 Å². The summed E-state index contributed by atoms with van der Waals surface area (Å²) in [5.74, 6) is 0.651. The van der Waals surface area contributed by atoms with Crippen molar-refractivity contribution in [3.8, 4) is 5.75 Å². The molecule has 0 aliphatic heterocycles. The van der Waals surface area contributed by atoms with Gasteiger partial charge in [-0.25, -0.2) is 8.42 Å². The first-order valence-electron chi connectivity index (χ1n) is 6.14. The van der Waals surface area contributed by atoms with Crippen LogP contribution < -0.4 is 15.2 Å². The van der Waals surface area contributed by atoms with Gasteiger partial charge >= 0.3 is 0 Å². The molecule has 0 saturated carbocycles. The van der Waals surface area contributed by atoms with Gasteiger partial charge in [0.2, 0.25) is 0 Å². The van der Waals surface area contributed by atoms with Crippen molar-refractivity contribution >= 4 is 43.0 Å². The van der Waals surface area contributed by atoms with E-state index in [2.05, 4.69) is 20.7 Å². The van der Waals surface area contributed by atoms with E-state index in [-0.39, 0.29) is 4.21 Å². The molecule has 0 fully saturated rings. The Labute approximate surface area is 136 Å². The summed E-state index contributed by atoms with van der Waals surface area (Å²) in [5, 5.41) is 0. The summed E-state index contributed by atoms with van der Waals surface area (Å²) in [7, 11) is -3.57. The number of anilines is 1. The molecule has 1 aromatic heterocycles. The van der Waals surface area contributed by atoms with E-state index in [1.165, 1.54) is 11.3 Å². The molecule has 0 bridgehead atoms. The van der Waals surface area contributed by atoms with Gasteiger partial charge < -0.3 is 10.5 Å². The van der Waals surface area contributed by atoms with Gasteiger partial charge in [0.25, 0.3) is 10.0 Å². The lowest BCUT2D eigenvalue weighted by molar-refractivity contribution is 0.328. The molecule has 114 valence electrons. The standard InChI is InChI=1S/C13H15BrN2O3S2/c1-9-8-12(20-13(9)14)21(17,18)16-10-2-4-11(5-3-10)19-7-6-15/h2-5,8,16H,6-7,15H2,1H3. The molecule has 1 heterocycles. The molecule has 0 aliphatic rings. The zero-order chi connectivity index (χ0) is 15.5. The lowest BCUT2D eigenvalue weighted by atomic mass is 10.3. The molecule has 0 amide bonds. The fourth-order valence-corrected chi connectivity index (χ4v) is 4.85. The van der Waals surface area contributed by atoms with Crippen molar-refractivity contribution in [2.75, 3.05) is 17.9 Å². The smallest absolute Gasteiger partial charge is 0.271 e. The molecule has 1 aromatic carbocycles. The summed E-state index contributed by atoms with van der Waals surface area (Å²) in [6.45, 7) is 2.71. The molecule has 0 aliphatic carbocycles. The van der Waals surface area contributed by atoms with E-state index in [9.17, 15) is 8.42 Å². The van der Waals surface area contributed by atoms with Crippen LogP contribution in [0.5, 0.6) is 5.75 Å². The third-order valence-electron chi connectivity index (χ3n) is 2.59. The maximum atomic E-state index is 12.3. The van der Waals surface area contributed by atoms with E-state index >= 15 is 0 Å². The summed E-state index contributed by atoms with van der Waals surface area (Å²) in [6, 6.07) is 8.33. The van der Waals surface area contributed by atoms with Crippen molar-refractivity contribution in [1.82, 2.24) is 0 Å². The molecule has 0 saturated heterocycles. The number of nitrogens with one attached hydrogen (secondary N) is 1. The third kappa shape index (κ3) is 4.19. The van der Waals surface area contributed by atoms with Gasteiger partial charge in [0.1, 0.15) is 16.6 Å². The quantitative estimate of drug-likeness (QED) is 0.794. The van der Waals surface area contributed by atoms with Gasteiger partial charge in [0.15, 0.2) is 0 Å². The van der Waals surface area contributed by atoms with Crippen molar-refractivity contribution in [1.29, 1.82) is 0 Å². The number of sulfonamides is 1. The number of halogens is 1. The minimum absolute atomic E-state index is 0.273. The number of hydrogen-bond acceptors (Lipinski definition) is 5. The molecule has 3 N–H and O–H groups in total. The van der Waals surface area contributed by atoms with Gasteiger partial charge in [-0.2, -0.15) is 0 Å². The Balaban J connectivity index is 2.13. The van der Waals surface area contributed by atoms with Crippen LogP contribution in [0.1, 0.15) is 5.56 Å². The maximum absolute atomic E-state index is 12.3. The predicted octanol–water partition coefficient (Wildman–Crippen LogP) is 2.96. The van der Waals surface area contributed by atoms with Gasteiger partial charge in [-0.1, -0.05) is 0 Å². The van der Waals surface area contributed by atoms with E-state index in [0.29, 0.717) is 24.6 Å². The highest BCUT2D eigenvalue weighted by molar-refractivity contribution is 9.11. The molecule has 2 aromatic rings. The largest absolute Gasteiger partial charge is 0.492 e. The van der Waals surface area contributed by atoms with Gasteiger partial charge in [0.05, 0.1) is 3.79 Å². The highest BCUT2D eigenvalue weighted by atomic mass is 79.9. The lowest BCUT2D eigenvalue weighted by Crippen LogP contribution is -2.12. The molecular formula is C13H15BrN2O3S2. The van der Waals surface area contributed by atoms with Crippen LogP contribution in [-0.4, -0.2) is 21.6 Å². The first kappa shape index (κ1) is 16.3. The zero-order valence-corrected chi connectivity index (χ0v) is 14.5. The Morgan fingerprint density at radius 2 is 2.00 bits per heavy atom. The second-order valence-electron chi connectivity index (χ2n) is 4.29. The molecule has 8 heteroatoms. The number of rotatable bonds is 6. The summed E-state index contributed by atoms with van der Waals surface area (Å²) >= 11 is 4.51. The SMILES string of the molecule is Cc1cc(S(=O)(=O)Nc2ccc(OCCN)cc2)sc1Br. The van der Waals surface area contributed by atoms with Crippen LogP contribution in [0.15, 0.2) is 38.3 Å². The number of ether oxygens (including phenoxy) is 1. The number of thiophene rings is 1. The van der Waals surface area contributed by atoms with E-state index in [4.69, 9.17) is 10.5 Å². The minimum atomic E-state index is -3.57. The Bertz CT molecular complexity index is 692. The highest BCUT2D eigenvalue weighted by Crippen LogP contribution is 2.31. The Morgan fingerprint density at radius 1 is 1.33 bits per heavy atom. The summed E-state index contributed by atoms with van der Waals surface area (Å²) in [6.07, 6.45) is 0. The first-order valence-corrected chi connectivity index (χ1v) is 9.23. The van der Waals surface area contributed by atoms with Gasteiger partial charge in [-0.15, -0.1) is 11.3 Å². The van der Waals surface area contributed by atoms with Crippen LogP contribution >= 0.6 is 27.3 Å². The Morgan fingerprint density at radius 3 is 2.52 bits per heavy atom. The average Bonchev–Trinajstić information content (AvgIpc) is 2.78. The lowest BCUT2D eigenvalue weighted by Gasteiger charge is -2.08. The maximum Gasteiger partial charge on any atom is 0.271 e. The number of nitrogens with two attached hydrogens (primary N) is 1. The van der Waals surface area contributed by atoms with Crippen molar-refractivity contribution in [3.63, 3.8) is 0 Å². The zero-order valence-electron chi connectivity index (χ0n) is 11.3. The summed E-state index contributed by atoms with van der Waals surface area (Å²) in [4.78, 5) is 0. The molecule has 0 radical (unpaired) electrons. The van der Waals surface area contributed by atoms with E-state index in [1.807, 2.05) is 6.92 Å². The van der Waals surface area contributed by atoms with Crippen molar-refractivity contribution in [2.24, 2.45) is 5.73 Å². The predicted molar refractivity (Wildman–Crippen MR) is 88.6 cm³/mol. The fourth-order valence-electron chi connectivity index (χ4n) is 1.57. The average molecular weight is 391 g/mol. The second-order valence-corrected chi connectivity index (χ2v) is 8.57. The number of benzene rings is 1. The number of hydrogen-bond donors (Lipinski definition) is 2. The Kier molecular flexibility index (Phi) is 5.26. The van der Waals surface area contributed by atoms with Crippen molar-refractivity contribution < 1.29 is 13.2 Å². The first-order chi connectivity index (χ1) is 9.92. The van der Waals surface area contributed by atoms with Gasteiger partial charge in [0, 0.05) is 12.2 Å². The number of aryl methyl sites for hydroxylation is 1. The van der Waals surface area contributed by atoms with Crippen molar-refractivity contribution in [3.05, 3.63) is 39.7 Å². The molecule has 0 spiro atoms. The van der Waals surface area contributed by atoms with Gasteiger partial charge in [-0.3, -0.25) is 4.72 Å². The second kappa shape index (κ2) is 6.78. The molecule has 5 nitrogen and oxygen atoms in total. The normalized spacial score (nSPS) is 11.4. The summed E-state index contributed by atoms with van der Waals surface area (Å²) < 4.78 is 33.5. The Hall–Kier alpha value is -1.09. The molecule has 2 rings (SSSR count).